The maximum atomic E-state index is 12.9. The lowest BCUT2D eigenvalue weighted by Crippen LogP contribution is -2.40. The summed E-state index contributed by atoms with van der Waals surface area (Å²) in [6, 6.07) is 2.96. The van der Waals surface area contributed by atoms with Crippen LogP contribution in [-0.4, -0.2) is 47.9 Å². The first-order valence-electron chi connectivity index (χ1n) is 8.94. The van der Waals surface area contributed by atoms with Gasteiger partial charge in [-0.1, -0.05) is 6.42 Å². The van der Waals surface area contributed by atoms with Gasteiger partial charge in [-0.3, -0.25) is 9.69 Å². The van der Waals surface area contributed by atoms with E-state index in [0.717, 1.165) is 35.8 Å². The van der Waals surface area contributed by atoms with Crippen molar-refractivity contribution in [1.29, 1.82) is 0 Å². The third kappa shape index (κ3) is 2.00. The van der Waals surface area contributed by atoms with Gasteiger partial charge < -0.3 is 4.90 Å². The number of rotatable bonds is 1. The van der Waals surface area contributed by atoms with E-state index in [1.807, 2.05) is 0 Å². The summed E-state index contributed by atoms with van der Waals surface area (Å²) in [5, 5.41) is 0. The first-order chi connectivity index (χ1) is 10.8. The number of aryl methyl sites for hydroxylation is 2. The molecule has 1 aliphatic carbocycles. The molecule has 0 saturated carbocycles. The molecule has 1 amide bonds. The van der Waals surface area contributed by atoms with Crippen LogP contribution in [0.3, 0.4) is 0 Å². The van der Waals surface area contributed by atoms with Crippen molar-refractivity contribution in [1.82, 2.24) is 9.80 Å². The number of nitrogens with zero attached hydrogens (tertiary/aromatic N) is 2. The van der Waals surface area contributed by atoms with Crippen molar-refractivity contribution < 1.29 is 4.79 Å². The topological polar surface area (TPSA) is 23.6 Å². The Morgan fingerprint density at radius 3 is 3.00 bits per heavy atom. The summed E-state index contributed by atoms with van der Waals surface area (Å²) >= 11 is 1.77. The highest BCUT2D eigenvalue weighted by Crippen LogP contribution is 2.41. The van der Waals surface area contributed by atoms with Crippen LogP contribution >= 0.6 is 11.3 Å². The molecule has 0 N–H and O–H groups in total. The highest BCUT2D eigenvalue weighted by Gasteiger charge is 2.48. The van der Waals surface area contributed by atoms with E-state index < -0.39 is 0 Å². The van der Waals surface area contributed by atoms with Gasteiger partial charge in [0.15, 0.2) is 0 Å². The van der Waals surface area contributed by atoms with Gasteiger partial charge in [-0.05, 0) is 62.1 Å². The SMILES string of the molecule is O=C(c1cc2c(s1)CCC2)N1C[C@@H]2CN3CCCC[C@@H]3[C@H]2C1. The molecule has 3 aliphatic heterocycles. The molecule has 1 aromatic rings. The summed E-state index contributed by atoms with van der Waals surface area (Å²) in [6.07, 6.45) is 7.77. The zero-order chi connectivity index (χ0) is 14.7. The Labute approximate surface area is 136 Å². The number of thiophene rings is 1. The number of hydrogen-bond acceptors (Lipinski definition) is 3. The van der Waals surface area contributed by atoms with Gasteiger partial charge >= 0.3 is 0 Å². The van der Waals surface area contributed by atoms with E-state index >= 15 is 0 Å². The average molecular weight is 316 g/mol. The Morgan fingerprint density at radius 1 is 1.14 bits per heavy atom. The molecule has 3 saturated heterocycles. The van der Waals surface area contributed by atoms with Crippen LogP contribution in [0.4, 0.5) is 0 Å². The Balaban J connectivity index is 1.32. The molecule has 0 unspecified atom stereocenters. The van der Waals surface area contributed by atoms with Gasteiger partial charge in [0.25, 0.3) is 5.91 Å². The predicted molar refractivity (Wildman–Crippen MR) is 88.4 cm³/mol. The van der Waals surface area contributed by atoms with Crippen LogP contribution in [-0.2, 0) is 12.8 Å². The second-order valence-electron chi connectivity index (χ2n) is 7.60. The van der Waals surface area contributed by atoms with Crippen molar-refractivity contribution in [3.05, 3.63) is 21.4 Å². The number of likely N-dealkylation sites (tertiary alicyclic amines) is 1. The molecule has 118 valence electrons. The van der Waals surface area contributed by atoms with Crippen molar-refractivity contribution in [3.63, 3.8) is 0 Å². The number of carbonyl (C=O) groups excluding carboxylic acids is 1. The molecule has 3 fully saturated rings. The van der Waals surface area contributed by atoms with Crippen molar-refractivity contribution in [2.24, 2.45) is 11.8 Å². The molecule has 0 radical (unpaired) electrons. The van der Waals surface area contributed by atoms with Crippen LogP contribution in [0.1, 0.15) is 45.8 Å². The van der Waals surface area contributed by atoms with Crippen LogP contribution in [0.15, 0.2) is 6.07 Å². The molecule has 1 aromatic heterocycles. The molecular formula is C18H24N2OS. The number of amides is 1. The molecular weight excluding hydrogens is 292 g/mol. The third-order valence-corrected chi connectivity index (χ3v) is 7.59. The predicted octanol–water partition coefficient (Wildman–Crippen LogP) is 2.79. The maximum Gasteiger partial charge on any atom is 0.263 e. The summed E-state index contributed by atoms with van der Waals surface area (Å²) in [5.74, 6) is 1.80. The Bertz CT molecular complexity index is 589. The minimum Gasteiger partial charge on any atom is -0.337 e. The van der Waals surface area contributed by atoms with E-state index in [9.17, 15) is 4.79 Å². The van der Waals surface area contributed by atoms with E-state index in [0.29, 0.717) is 5.91 Å². The van der Waals surface area contributed by atoms with Crippen LogP contribution < -0.4 is 0 Å². The first kappa shape index (κ1) is 13.6. The van der Waals surface area contributed by atoms with E-state index in [-0.39, 0.29) is 0 Å². The second kappa shape index (κ2) is 5.07. The van der Waals surface area contributed by atoms with Crippen LogP contribution in [0, 0.1) is 11.8 Å². The van der Waals surface area contributed by atoms with Gasteiger partial charge in [-0.2, -0.15) is 0 Å². The van der Waals surface area contributed by atoms with Crippen LogP contribution in [0.25, 0.3) is 0 Å². The molecule has 4 heterocycles. The lowest BCUT2D eigenvalue weighted by Gasteiger charge is -2.33. The molecule has 4 heteroatoms. The molecule has 0 bridgehead atoms. The van der Waals surface area contributed by atoms with Gasteiger partial charge in [0.1, 0.15) is 0 Å². The summed E-state index contributed by atoms with van der Waals surface area (Å²) < 4.78 is 0. The lowest BCUT2D eigenvalue weighted by atomic mass is 9.90. The Kier molecular flexibility index (Phi) is 3.12. The van der Waals surface area contributed by atoms with Crippen molar-refractivity contribution in [3.8, 4) is 0 Å². The fourth-order valence-electron chi connectivity index (χ4n) is 5.31. The number of carbonyl (C=O) groups is 1. The number of piperidine rings is 1. The van der Waals surface area contributed by atoms with E-state index in [4.69, 9.17) is 0 Å². The zero-order valence-electron chi connectivity index (χ0n) is 13.1. The van der Waals surface area contributed by atoms with Gasteiger partial charge in [0.2, 0.25) is 0 Å². The van der Waals surface area contributed by atoms with Gasteiger partial charge in [-0.15, -0.1) is 11.3 Å². The molecule has 22 heavy (non-hydrogen) atoms. The minimum absolute atomic E-state index is 0.316. The van der Waals surface area contributed by atoms with Crippen molar-refractivity contribution >= 4 is 17.2 Å². The second-order valence-corrected chi connectivity index (χ2v) is 8.74. The molecule has 0 spiro atoms. The Morgan fingerprint density at radius 2 is 2.09 bits per heavy atom. The Hall–Kier alpha value is -0.870. The normalized spacial score (nSPS) is 33.8. The first-order valence-corrected chi connectivity index (χ1v) is 9.76. The smallest absolute Gasteiger partial charge is 0.263 e. The quantitative estimate of drug-likeness (QED) is 0.795. The van der Waals surface area contributed by atoms with Crippen LogP contribution in [0.2, 0.25) is 0 Å². The largest absolute Gasteiger partial charge is 0.337 e. The summed E-state index contributed by atoms with van der Waals surface area (Å²) in [6.45, 7) is 4.54. The number of hydrogen-bond donors (Lipinski definition) is 0. The fraction of sp³-hybridized carbons (Fsp3) is 0.722. The average Bonchev–Trinajstić information content (AvgIpc) is 3.24. The molecule has 5 rings (SSSR count). The van der Waals surface area contributed by atoms with E-state index in [1.54, 1.807) is 11.3 Å². The molecule has 4 aliphatic rings. The number of fused-ring (bicyclic) bond motifs is 4. The summed E-state index contributed by atoms with van der Waals surface area (Å²) in [7, 11) is 0. The van der Waals surface area contributed by atoms with Crippen molar-refractivity contribution in [2.45, 2.75) is 44.6 Å². The lowest BCUT2D eigenvalue weighted by molar-refractivity contribution is 0.0758. The molecule has 0 aromatic carbocycles. The monoisotopic (exact) mass is 316 g/mol. The summed E-state index contributed by atoms with van der Waals surface area (Å²) in [5.41, 5.74) is 1.45. The van der Waals surface area contributed by atoms with Crippen molar-refractivity contribution in [2.75, 3.05) is 26.2 Å². The van der Waals surface area contributed by atoms with E-state index in [1.165, 1.54) is 62.1 Å². The zero-order valence-corrected chi connectivity index (χ0v) is 13.9. The van der Waals surface area contributed by atoms with Crippen LogP contribution in [0.5, 0.6) is 0 Å². The highest BCUT2D eigenvalue weighted by atomic mass is 32.1. The van der Waals surface area contributed by atoms with Gasteiger partial charge in [0, 0.05) is 30.6 Å². The fourth-order valence-corrected chi connectivity index (χ4v) is 6.53. The van der Waals surface area contributed by atoms with Gasteiger partial charge in [0.05, 0.1) is 4.88 Å². The van der Waals surface area contributed by atoms with Gasteiger partial charge in [-0.25, -0.2) is 0 Å². The van der Waals surface area contributed by atoms with E-state index in [2.05, 4.69) is 15.9 Å². The molecule has 3 nitrogen and oxygen atoms in total. The standard InChI is InChI=1S/C18H24N2OS/c21-18(17-8-12-4-3-6-16(12)22-17)20-10-13-9-19-7-2-1-5-15(19)14(13)11-20/h8,13-15H,1-7,9-11H2/t13-,14-,15+/m0/s1. The maximum absolute atomic E-state index is 12.9. The highest BCUT2D eigenvalue weighted by molar-refractivity contribution is 7.14. The summed E-state index contributed by atoms with van der Waals surface area (Å²) in [4.78, 5) is 20.2. The minimum atomic E-state index is 0.316. The third-order valence-electron chi connectivity index (χ3n) is 6.36. The molecule has 3 atom stereocenters.